The molecule has 4 rings (SSSR count). The summed E-state index contributed by atoms with van der Waals surface area (Å²) in [5.74, 6) is -2.27. The fraction of sp³-hybridized carbons (Fsp3) is 0.386. The summed E-state index contributed by atoms with van der Waals surface area (Å²) in [5, 5.41) is 18.3. The third-order valence-electron chi connectivity index (χ3n) is 8.88. The van der Waals surface area contributed by atoms with E-state index in [9.17, 15) is 45.8 Å². The van der Waals surface area contributed by atoms with Crippen molar-refractivity contribution >= 4 is 23.7 Å². The number of anilines is 1. The number of carbonyl (C=O) groups excluding carboxylic acids is 1. The van der Waals surface area contributed by atoms with Crippen molar-refractivity contribution in [1.82, 2.24) is 0 Å². The fourth-order valence-corrected chi connectivity index (χ4v) is 6.28. The predicted octanol–water partition coefficient (Wildman–Crippen LogP) is 11.6. The molecule has 0 saturated heterocycles. The zero-order valence-electron chi connectivity index (χ0n) is 33.3. The third kappa shape index (κ3) is 16.0. The highest BCUT2D eigenvalue weighted by atomic mass is 19.4. The Hall–Kier alpha value is -5.93. The van der Waals surface area contributed by atoms with Crippen molar-refractivity contribution in [3.05, 3.63) is 96.1 Å². The Balaban J connectivity index is 1.57. The maximum atomic E-state index is 13.8. The molecular formula is C44H47F6NO9. The first kappa shape index (κ1) is 46.8. The molecule has 2 N–H and O–H groups in total. The Morgan fingerprint density at radius 1 is 0.617 bits per heavy atom. The summed E-state index contributed by atoms with van der Waals surface area (Å²) in [6.45, 7) is 5.49. The van der Waals surface area contributed by atoms with Crippen LogP contribution in [-0.2, 0) is 27.2 Å². The van der Waals surface area contributed by atoms with Crippen molar-refractivity contribution in [2.45, 2.75) is 96.9 Å². The minimum Gasteiger partial charge on any atom is -0.493 e. The first-order valence-electron chi connectivity index (χ1n) is 19.2. The number of aryl methyl sites for hydroxylation is 1. The number of nitrogens with zero attached hydrogens (tertiary/aromatic N) is 1. The first-order chi connectivity index (χ1) is 28.2. The average Bonchev–Trinajstić information content (AvgIpc) is 3.14. The van der Waals surface area contributed by atoms with E-state index in [0.29, 0.717) is 59.4 Å². The van der Waals surface area contributed by atoms with Gasteiger partial charge in [0.15, 0.2) is 0 Å². The molecule has 0 heterocycles. The SMILES string of the molecule is CC(C)(C)OC(=O)N(CCCCCCc1cccc(OCCCC(=O)O)c1CCC(=O)O)c1cc(-c2ccc(OC(F)(F)F)cc2)cc(-c2ccc(OC(F)(F)F)cc2)c1. The van der Waals surface area contributed by atoms with Crippen molar-refractivity contribution in [3.8, 4) is 39.5 Å². The van der Waals surface area contributed by atoms with Gasteiger partial charge in [-0.25, -0.2) is 4.79 Å². The van der Waals surface area contributed by atoms with Gasteiger partial charge in [-0.15, -0.1) is 26.3 Å². The molecule has 60 heavy (non-hydrogen) atoms. The Morgan fingerprint density at radius 3 is 1.65 bits per heavy atom. The van der Waals surface area contributed by atoms with Gasteiger partial charge in [0.1, 0.15) is 22.8 Å². The molecule has 4 aromatic rings. The number of carboxylic acids is 2. The van der Waals surface area contributed by atoms with Gasteiger partial charge in [-0.1, -0.05) is 49.2 Å². The van der Waals surface area contributed by atoms with Crippen LogP contribution >= 0.6 is 0 Å². The van der Waals surface area contributed by atoms with Gasteiger partial charge < -0.3 is 29.2 Å². The molecule has 1 amide bonds. The molecule has 0 aliphatic rings. The van der Waals surface area contributed by atoms with Gasteiger partial charge in [0.25, 0.3) is 0 Å². The smallest absolute Gasteiger partial charge is 0.493 e. The van der Waals surface area contributed by atoms with Crippen LogP contribution in [0, 0.1) is 0 Å². The summed E-state index contributed by atoms with van der Waals surface area (Å²) in [5.41, 5.74) is 3.05. The van der Waals surface area contributed by atoms with Crippen LogP contribution in [-0.4, -0.2) is 59.7 Å². The highest BCUT2D eigenvalue weighted by Crippen LogP contribution is 2.36. The second-order valence-electron chi connectivity index (χ2n) is 14.8. The van der Waals surface area contributed by atoms with Gasteiger partial charge in [0.05, 0.1) is 6.61 Å². The molecule has 0 bridgehead atoms. The molecule has 0 atom stereocenters. The largest absolute Gasteiger partial charge is 0.573 e. The zero-order valence-corrected chi connectivity index (χ0v) is 33.3. The van der Waals surface area contributed by atoms with E-state index in [2.05, 4.69) is 9.47 Å². The lowest BCUT2D eigenvalue weighted by atomic mass is 9.96. The van der Waals surface area contributed by atoms with E-state index in [0.717, 1.165) is 48.2 Å². The quantitative estimate of drug-likeness (QED) is 0.0659. The standard InChI is InChI=1S/C44H47F6NO9/c1-42(2,3)60-41(56)51(24-7-5-4-6-10-31-11-8-12-38(37(31)22-23-40(54)55)57-25-9-13-39(52)53)34-27-32(29-14-18-35(19-15-29)58-43(45,46)47)26-33(28-34)30-16-20-36(21-17-30)59-44(48,49)50/h8,11-12,14-21,26-28H,4-7,9-10,13,22-25H2,1-3H3,(H,52,53)(H,54,55). The topological polar surface area (TPSA) is 132 Å². The number of hydrogen-bond donors (Lipinski definition) is 2. The maximum absolute atomic E-state index is 13.8. The van der Waals surface area contributed by atoms with Crippen molar-refractivity contribution in [3.63, 3.8) is 0 Å². The van der Waals surface area contributed by atoms with E-state index in [-0.39, 0.29) is 32.4 Å². The second-order valence-corrected chi connectivity index (χ2v) is 14.8. The Morgan fingerprint density at radius 2 is 1.15 bits per heavy atom. The zero-order chi connectivity index (χ0) is 44.1. The number of benzene rings is 4. The Bertz CT molecular complexity index is 1970. The van der Waals surface area contributed by atoms with Crippen LogP contribution in [0.3, 0.4) is 0 Å². The average molecular weight is 848 g/mol. The number of unbranched alkanes of at least 4 members (excludes halogenated alkanes) is 3. The molecule has 0 aliphatic carbocycles. The number of alkyl halides is 6. The molecule has 0 aliphatic heterocycles. The number of aliphatic carboxylic acids is 2. The predicted molar refractivity (Wildman–Crippen MR) is 211 cm³/mol. The number of rotatable bonds is 20. The van der Waals surface area contributed by atoms with Gasteiger partial charge in [-0.05, 0) is 135 Å². The number of carbonyl (C=O) groups is 3. The Kier molecular flexibility index (Phi) is 16.2. The number of hydrogen-bond acceptors (Lipinski definition) is 7. The highest BCUT2D eigenvalue weighted by Gasteiger charge is 2.32. The molecule has 0 saturated carbocycles. The minimum atomic E-state index is -4.90. The third-order valence-corrected chi connectivity index (χ3v) is 8.88. The van der Waals surface area contributed by atoms with Gasteiger partial charge in [0.2, 0.25) is 0 Å². The number of halogens is 6. The molecule has 0 fully saturated rings. The van der Waals surface area contributed by atoms with Gasteiger partial charge in [-0.3, -0.25) is 14.5 Å². The first-order valence-corrected chi connectivity index (χ1v) is 19.2. The van der Waals surface area contributed by atoms with Crippen LogP contribution in [0.4, 0.5) is 36.8 Å². The van der Waals surface area contributed by atoms with Crippen molar-refractivity contribution in [2.75, 3.05) is 18.1 Å². The normalized spacial score (nSPS) is 11.8. The lowest BCUT2D eigenvalue weighted by Gasteiger charge is -2.28. The van der Waals surface area contributed by atoms with Crippen LogP contribution < -0.4 is 19.1 Å². The van der Waals surface area contributed by atoms with E-state index in [1.54, 1.807) is 45.0 Å². The highest BCUT2D eigenvalue weighted by molar-refractivity contribution is 5.91. The van der Waals surface area contributed by atoms with E-state index >= 15 is 0 Å². The molecule has 324 valence electrons. The lowest BCUT2D eigenvalue weighted by molar-refractivity contribution is -0.275. The lowest BCUT2D eigenvalue weighted by Crippen LogP contribution is -2.37. The fourth-order valence-electron chi connectivity index (χ4n) is 6.28. The minimum absolute atomic E-state index is 0.0575. The van der Waals surface area contributed by atoms with Crippen LogP contribution in [0.5, 0.6) is 17.2 Å². The van der Waals surface area contributed by atoms with E-state index in [1.807, 2.05) is 12.1 Å². The van der Waals surface area contributed by atoms with Gasteiger partial charge in [-0.2, -0.15) is 0 Å². The molecule has 4 aromatic carbocycles. The maximum Gasteiger partial charge on any atom is 0.573 e. The monoisotopic (exact) mass is 847 g/mol. The summed E-state index contributed by atoms with van der Waals surface area (Å²) in [6, 6.07) is 20.7. The van der Waals surface area contributed by atoms with Crippen LogP contribution in [0.2, 0.25) is 0 Å². The second kappa shape index (κ2) is 20.9. The van der Waals surface area contributed by atoms with Crippen LogP contribution in [0.25, 0.3) is 22.3 Å². The molecule has 0 radical (unpaired) electrons. The van der Waals surface area contributed by atoms with Crippen molar-refractivity contribution in [2.24, 2.45) is 0 Å². The van der Waals surface area contributed by atoms with Crippen molar-refractivity contribution in [1.29, 1.82) is 0 Å². The van der Waals surface area contributed by atoms with E-state index in [4.69, 9.17) is 14.6 Å². The molecule has 16 heteroatoms. The summed E-state index contributed by atoms with van der Waals surface area (Å²) in [7, 11) is 0. The summed E-state index contributed by atoms with van der Waals surface area (Å²) in [6.07, 6.45) is -6.85. The van der Waals surface area contributed by atoms with Crippen LogP contribution in [0.15, 0.2) is 84.9 Å². The summed E-state index contributed by atoms with van der Waals surface area (Å²) < 4.78 is 96.9. The molecule has 0 aromatic heterocycles. The summed E-state index contributed by atoms with van der Waals surface area (Å²) in [4.78, 5) is 37.6. The molecule has 0 unspecified atom stereocenters. The van der Waals surface area contributed by atoms with Gasteiger partial charge in [0, 0.05) is 25.1 Å². The number of carboxylic acid groups (broad SMARTS) is 2. The number of amides is 1. The number of ether oxygens (including phenoxy) is 4. The van der Waals surface area contributed by atoms with Crippen LogP contribution in [0.1, 0.15) is 76.8 Å². The molecule has 10 nitrogen and oxygen atoms in total. The van der Waals surface area contributed by atoms with Crippen molar-refractivity contribution < 1.29 is 69.9 Å². The summed E-state index contributed by atoms with van der Waals surface area (Å²) >= 11 is 0. The van der Waals surface area contributed by atoms with Gasteiger partial charge >= 0.3 is 30.8 Å². The van der Waals surface area contributed by atoms with E-state index < -0.39 is 47.9 Å². The molecular weight excluding hydrogens is 800 g/mol. The van der Waals surface area contributed by atoms with E-state index in [1.165, 1.54) is 29.2 Å². The Labute approximate surface area is 343 Å². The molecule has 0 spiro atoms.